The summed E-state index contributed by atoms with van der Waals surface area (Å²) in [6.07, 6.45) is -3.80. The van der Waals surface area contributed by atoms with Crippen molar-refractivity contribution in [3.8, 4) is 6.07 Å². The van der Waals surface area contributed by atoms with Crippen LogP contribution in [0.4, 0.5) is 23.2 Å². The van der Waals surface area contributed by atoms with Crippen molar-refractivity contribution in [2.45, 2.75) is 29.5 Å². The lowest BCUT2D eigenvalue weighted by atomic mass is 10.3. The predicted molar refractivity (Wildman–Crippen MR) is 90.6 cm³/mol. The first-order chi connectivity index (χ1) is 13.4. The summed E-state index contributed by atoms with van der Waals surface area (Å²) in [7, 11) is -3.72. The summed E-state index contributed by atoms with van der Waals surface area (Å²) in [6.45, 7) is 0. The monoisotopic (exact) mass is 431 g/mol. The number of carbonyl (C=O) groups excluding carboxylic acids is 1. The molecule has 0 aliphatic heterocycles. The fourth-order valence-corrected chi connectivity index (χ4v) is 4.23. The van der Waals surface area contributed by atoms with Crippen molar-refractivity contribution in [3.05, 3.63) is 41.7 Å². The van der Waals surface area contributed by atoms with Crippen molar-refractivity contribution in [1.82, 2.24) is 14.3 Å². The number of nitriles is 1. The van der Waals surface area contributed by atoms with Crippen LogP contribution in [0.1, 0.15) is 29.0 Å². The van der Waals surface area contributed by atoms with Crippen LogP contribution in [0.3, 0.4) is 0 Å². The van der Waals surface area contributed by atoms with E-state index in [-0.39, 0.29) is 11.4 Å². The smallest absolute Gasteiger partial charge is 0.343 e. The third-order valence-electron chi connectivity index (χ3n) is 4.35. The zero-order valence-corrected chi connectivity index (χ0v) is 15.5. The van der Waals surface area contributed by atoms with Crippen LogP contribution in [-0.2, 0) is 17.1 Å². The van der Waals surface area contributed by atoms with Crippen LogP contribution in [0.2, 0.25) is 0 Å². The first-order valence-electron chi connectivity index (χ1n) is 8.03. The number of anilines is 1. The van der Waals surface area contributed by atoms with E-state index in [1.165, 1.54) is 30.1 Å². The molecule has 0 unspecified atom stereocenters. The van der Waals surface area contributed by atoms with Gasteiger partial charge in [-0.2, -0.15) is 23.2 Å². The molecule has 154 valence electrons. The van der Waals surface area contributed by atoms with Gasteiger partial charge in [0.15, 0.2) is 5.82 Å². The van der Waals surface area contributed by atoms with E-state index in [0.717, 1.165) is 4.57 Å². The van der Waals surface area contributed by atoms with Gasteiger partial charge in [-0.1, -0.05) is 0 Å². The first-order valence-corrected chi connectivity index (χ1v) is 9.51. The summed E-state index contributed by atoms with van der Waals surface area (Å²) in [6, 6.07) is 4.27. The van der Waals surface area contributed by atoms with Crippen molar-refractivity contribution in [1.29, 1.82) is 5.26 Å². The topological polar surface area (TPSA) is 117 Å². The molecule has 0 aromatic carbocycles. The van der Waals surface area contributed by atoms with Gasteiger partial charge in [-0.05, 0) is 25.0 Å². The van der Waals surface area contributed by atoms with Crippen molar-refractivity contribution in [2.75, 3.05) is 5.32 Å². The number of aromatic nitrogens is 2. The lowest BCUT2D eigenvalue weighted by Gasteiger charge is -2.20. The summed E-state index contributed by atoms with van der Waals surface area (Å²) >= 11 is 0. The molecule has 0 saturated heterocycles. The number of amides is 1. The molecule has 2 aromatic heterocycles. The first kappa shape index (κ1) is 20.7. The molecule has 0 spiro atoms. The van der Waals surface area contributed by atoms with Gasteiger partial charge in [0.2, 0.25) is 10.0 Å². The minimum absolute atomic E-state index is 0.0236. The van der Waals surface area contributed by atoms with Crippen LogP contribution in [0, 0.1) is 17.1 Å². The maximum absolute atomic E-state index is 14.7. The van der Waals surface area contributed by atoms with E-state index in [1.54, 1.807) is 6.07 Å². The molecule has 0 atom stereocenters. The normalized spacial score (nSPS) is 15.6. The number of nitrogens with one attached hydrogen (secondary N) is 2. The van der Waals surface area contributed by atoms with E-state index in [1.807, 2.05) is 0 Å². The third kappa shape index (κ3) is 3.81. The average Bonchev–Trinajstić information content (AvgIpc) is 3.33. The highest BCUT2D eigenvalue weighted by Crippen LogP contribution is 2.49. The Hall–Kier alpha value is -2.98. The zero-order chi connectivity index (χ0) is 21.6. The van der Waals surface area contributed by atoms with Gasteiger partial charge in [-0.3, -0.25) is 4.79 Å². The largest absolute Gasteiger partial charge is 0.407 e. The molecule has 0 bridgehead atoms. The molecule has 1 fully saturated rings. The molecule has 2 N–H and O–H groups in total. The quantitative estimate of drug-likeness (QED) is 0.703. The molecule has 2 heterocycles. The lowest BCUT2D eigenvalue weighted by molar-refractivity contribution is -0.160. The van der Waals surface area contributed by atoms with Gasteiger partial charge in [0.05, 0.1) is 0 Å². The average molecular weight is 431 g/mol. The Labute approximate surface area is 162 Å². The van der Waals surface area contributed by atoms with Gasteiger partial charge in [0.1, 0.15) is 27.9 Å². The summed E-state index contributed by atoms with van der Waals surface area (Å²) in [5, 5.41) is 11.1. The second-order valence-corrected chi connectivity index (χ2v) is 8.10. The minimum atomic E-state index is -4.89. The predicted octanol–water partition coefficient (Wildman–Crippen LogP) is 2.06. The molecule has 0 radical (unpaired) electrons. The maximum Gasteiger partial charge on any atom is 0.407 e. The lowest BCUT2D eigenvalue weighted by Crippen LogP contribution is -2.47. The van der Waals surface area contributed by atoms with Crippen molar-refractivity contribution in [2.24, 2.45) is 7.05 Å². The number of carbonyl (C=O) groups is 1. The Kier molecular flexibility index (Phi) is 4.88. The van der Waals surface area contributed by atoms with E-state index in [9.17, 15) is 30.8 Å². The highest BCUT2D eigenvalue weighted by atomic mass is 32.2. The van der Waals surface area contributed by atoms with Crippen LogP contribution in [0.25, 0.3) is 0 Å². The number of hydrogen-bond acceptors (Lipinski definition) is 5. The van der Waals surface area contributed by atoms with E-state index in [2.05, 4.69) is 10.3 Å². The molecule has 8 nitrogen and oxygen atoms in total. The van der Waals surface area contributed by atoms with Crippen molar-refractivity contribution < 1.29 is 30.8 Å². The van der Waals surface area contributed by atoms with Gasteiger partial charge in [-0.15, -0.1) is 0 Å². The van der Waals surface area contributed by atoms with Crippen LogP contribution in [-0.4, -0.2) is 35.6 Å². The molecular formula is C16H13F4N5O3S. The molecule has 1 saturated carbocycles. The SMILES string of the molecule is Cn1cc(S(=O)(=O)NC2(C(F)(F)F)CC2)c(F)c1C(=O)Nc1ccnc(C#N)c1. The van der Waals surface area contributed by atoms with E-state index < -0.39 is 56.9 Å². The van der Waals surface area contributed by atoms with Crippen LogP contribution >= 0.6 is 0 Å². The standard InChI is InChI=1S/C16H13F4N5O3S/c1-25-8-11(29(27,28)24-15(3-4-15)16(18,19)20)12(17)13(25)14(26)23-9-2-5-22-10(6-9)7-21/h2,5-6,8,24H,3-4H2,1H3,(H,22,23,26). The number of hydrogen-bond donors (Lipinski definition) is 2. The van der Waals surface area contributed by atoms with Crippen molar-refractivity contribution >= 4 is 21.6 Å². The molecule has 2 aromatic rings. The zero-order valence-electron chi connectivity index (χ0n) is 14.7. The Morgan fingerprint density at radius 2 is 2.03 bits per heavy atom. The number of pyridine rings is 1. The third-order valence-corrected chi connectivity index (χ3v) is 5.87. The summed E-state index contributed by atoms with van der Waals surface area (Å²) in [4.78, 5) is 15.0. The molecule has 13 heteroatoms. The second kappa shape index (κ2) is 6.82. The highest BCUT2D eigenvalue weighted by Gasteiger charge is 2.65. The number of aryl methyl sites for hydroxylation is 1. The second-order valence-electron chi connectivity index (χ2n) is 6.45. The fourth-order valence-electron chi connectivity index (χ4n) is 2.66. The van der Waals surface area contributed by atoms with Crippen LogP contribution in [0.5, 0.6) is 0 Å². The van der Waals surface area contributed by atoms with Gasteiger partial charge in [-0.25, -0.2) is 17.8 Å². The Bertz CT molecular complexity index is 1130. The number of halogens is 4. The van der Waals surface area contributed by atoms with E-state index >= 15 is 0 Å². The van der Waals surface area contributed by atoms with Crippen LogP contribution in [0.15, 0.2) is 29.4 Å². The Morgan fingerprint density at radius 1 is 1.38 bits per heavy atom. The highest BCUT2D eigenvalue weighted by molar-refractivity contribution is 7.89. The molecule has 1 aliphatic carbocycles. The molecule has 29 heavy (non-hydrogen) atoms. The fraction of sp³-hybridized carbons (Fsp3) is 0.312. The van der Waals surface area contributed by atoms with E-state index in [0.29, 0.717) is 6.20 Å². The summed E-state index contributed by atoms with van der Waals surface area (Å²) < 4.78 is 80.9. The maximum atomic E-state index is 14.7. The molecule has 1 amide bonds. The summed E-state index contributed by atoms with van der Waals surface area (Å²) in [5.74, 6) is -2.55. The van der Waals surface area contributed by atoms with Gasteiger partial charge in [0.25, 0.3) is 5.91 Å². The summed E-state index contributed by atoms with van der Waals surface area (Å²) in [5.41, 5.74) is -3.26. The molecule has 1 aliphatic rings. The van der Waals surface area contributed by atoms with Gasteiger partial charge in [0, 0.05) is 25.1 Å². The number of nitrogens with zero attached hydrogens (tertiary/aromatic N) is 3. The van der Waals surface area contributed by atoms with Gasteiger partial charge < -0.3 is 9.88 Å². The molecular weight excluding hydrogens is 418 g/mol. The number of alkyl halides is 3. The van der Waals surface area contributed by atoms with Crippen LogP contribution < -0.4 is 10.0 Å². The number of sulfonamides is 1. The van der Waals surface area contributed by atoms with E-state index in [4.69, 9.17) is 5.26 Å². The Balaban J connectivity index is 1.90. The van der Waals surface area contributed by atoms with Crippen molar-refractivity contribution in [3.63, 3.8) is 0 Å². The number of rotatable bonds is 5. The Morgan fingerprint density at radius 3 is 2.59 bits per heavy atom. The molecule has 3 rings (SSSR count). The van der Waals surface area contributed by atoms with Gasteiger partial charge >= 0.3 is 6.18 Å². The minimum Gasteiger partial charge on any atom is -0.343 e.